The Morgan fingerprint density at radius 1 is 1.13 bits per heavy atom. The molecule has 0 aliphatic heterocycles. The first-order valence-corrected chi connectivity index (χ1v) is 8.43. The summed E-state index contributed by atoms with van der Waals surface area (Å²) >= 11 is 4.40. The molecule has 1 aromatic carbocycles. The van der Waals surface area contributed by atoms with Crippen LogP contribution in [-0.2, 0) is 0 Å². The predicted octanol–water partition coefficient (Wildman–Crippen LogP) is 6.40. The van der Waals surface area contributed by atoms with Crippen LogP contribution >= 0.6 is 12.6 Å². The lowest BCUT2D eigenvalue weighted by molar-refractivity contribution is 0.790. The number of hydrogen-bond acceptors (Lipinski definition) is 2. The second-order valence-electron chi connectivity index (χ2n) is 6.52. The van der Waals surface area contributed by atoms with E-state index in [2.05, 4.69) is 88.8 Å². The highest BCUT2D eigenvalue weighted by Crippen LogP contribution is 2.29. The lowest BCUT2D eigenvalue weighted by Crippen LogP contribution is -1.96. The second kappa shape index (κ2) is 7.18. The molecule has 0 fully saturated rings. The number of rotatable bonds is 5. The van der Waals surface area contributed by atoms with E-state index in [1.54, 1.807) is 0 Å². The third kappa shape index (κ3) is 3.94. The SMILES string of the molecule is C=C(S)/C(=C\C(=C)c1nccc2cc(C(C)C)ccc12)C(C)C. The first-order chi connectivity index (χ1) is 10.8. The van der Waals surface area contributed by atoms with E-state index in [4.69, 9.17) is 0 Å². The number of aromatic nitrogens is 1. The van der Waals surface area contributed by atoms with Crippen LogP contribution in [0.5, 0.6) is 0 Å². The third-order valence-electron chi connectivity index (χ3n) is 4.04. The lowest BCUT2D eigenvalue weighted by Gasteiger charge is -2.13. The van der Waals surface area contributed by atoms with Gasteiger partial charge in [0.2, 0.25) is 0 Å². The van der Waals surface area contributed by atoms with Gasteiger partial charge in [-0.25, -0.2) is 0 Å². The van der Waals surface area contributed by atoms with Gasteiger partial charge in [-0.3, -0.25) is 4.98 Å². The molecule has 2 rings (SSSR count). The van der Waals surface area contributed by atoms with Crippen LogP contribution < -0.4 is 0 Å². The Hall–Kier alpha value is -1.80. The van der Waals surface area contributed by atoms with E-state index >= 15 is 0 Å². The quantitative estimate of drug-likeness (QED) is 0.496. The Balaban J connectivity index is 2.53. The van der Waals surface area contributed by atoms with Gasteiger partial charge >= 0.3 is 0 Å². The molecule has 0 atom stereocenters. The molecule has 2 heteroatoms. The minimum atomic E-state index is 0.347. The first-order valence-electron chi connectivity index (χ1n) is 7.99. The summed E-state index contributed by atoms with van der Waals surface area (Å²) in [6.07, 6.45) is 3.91. The molecule has 0 saturated heterocycles. The number of fused-ring (bicyclic) bond motifs is 1. The molecule has 0 saturated carbocycles. The fourth-order valence-corrected chi connectivity index (χ4v) is 2.97. The van der Waals surface area contributed by atoms with Crippen molar-refractivity contribution in [1.82, 2.24) is 4.98 Å². The maximum Gasteiger partial charge on any atom is 0.0774 e. The fourth-order valence-electron chi connectivity index (χ4n) is 2.65. The monoisotopic (exact) mass is 323 g/mol. The van der Waals surface area contributed by atoms with Crippen LogP contribution in [0, 0.1) is 5.92 Å². The zero-order chi connectivity index (χ0) is 17.1. The number of hydrogen-bond donors (Lipinski definition) is 1. The van der Waals surface area contributed by atoms with Gasteiger partial charge in [-0.05, 0) is 46.1 Å². The van der Waals surface area contributed by atoms with Crippen LogP contribution in [0.15, 0.2) is 60.2 Å². The third-order valence-corrected chi connectivity index (χ3v) is 4.30. The second-order valence-corrected chi connectivity index (χ2v) is 7.06. The highest BCUT2D eigenvalue weighted by molar-refractivity contribution is 7.84. The highest BCUT2D eigenvalue weighted by atomic mass is 32.1. The summed E-state index contributed by atoms with van der Waals surface area (Å²) < 4.78 is 0. The molecule has 0 aliphatic rings. The molecular formula is C21H25NS. The van der Waals surface area contributed by atoms with Crippen molar-refractivity contribution in [2.45, 2.75) is 33.6 Å². The van der Waals surface area contributed by atoms with E-state index < -0.39 is 0 Å². The van der Waals surface area contributed by atoms with Gasteiger partial charge in [0.25, 0.3) is 0 Å². The number of nitrogens with zero attached hydrogens (tertiary/aromatic N) is 1. The van der Waals surface area contributed by atoms with Gasteiger partial charge in [-0.1, -0.05) is 59.1 Å². The Bertz CT molecular complexity index is 782. The summed E-state index contributed by atoms with van der Waals surface area (Å²) in [5, 5.41) is 2.33. The van der Waals surface area contributed by atoms with Crippen molar-refractivity contribution in [1.29, 1.82) is 0 Å². The van der Waals surface area contributed by atoms with Gasteiger partial charge in [0.1, 0.15) is 0 Å². The van der Waals surface area contributed by atoms with Crippen molar-refractivity contribution < 1.29 is 0 Å². The summed E-state index contributed by atoms with van der Waals surface area (Å²) in [7, 11) is 0. The minimum Gasteiger partial charge on any atom is -0.256 e. The summed E-state index contributed by atoms with van der Waals surface area (Å²) in [6, 6.07) is 8.62. The summed E-state index contributed by atoms with van der Waals surface area (Å²) in [5.74, 6) is 0.860. The van der Waals surface area contributed by atoms with Gasteiger partial charge in [0.05, 0.1) is 5.69 Å². The van der Waals surface area contributed by atoms with Crippen molar-refractivity contribution in [2.75, 3.05) is 0 Å². The maximum absolute atomic E-state index is 4.55. The molecular weight excluding hydrogens is 298 g/mol. The molecule has 1 nitrogen and oxygen atoms in total. The molecule has 0 aliphatic carbocycles. The molecule has 1 heterocycles. The highest BCUT2D eigenvalue weighted by Gasteiger charge is 2.10. The molecule has 1 aromatic heterocycles. The Morgan fingerprint density at radius 3 is 2.39 bits per heavy atom. The summed E-state index contributed by atoms with van der Waals surface area (Å²) in [4.78, 5) is 5.34. The molecule has 0 radical (unpaired) electrons. The molecule has 120 valence electrons. The molecule has 0 amide bonds. The van der Waals surface area contributed by atoms with E-state index in [9.17, 15) is 0 Å². The normalized spacial score (nSPS) is 12.2. The predicted molar refractivity (Wildman–Crippen MR) is 106 cm³/mol. The topological polar surface area (TPSA) is 12.9 Å². The zero-order valence-corrected chi connectivity index (χ0v) is 15.3. The van der Waals surface area contributed by atoms with Crippen LogP contribution in [0.2, 0.25) is 0 Å². The van der Waals surface area contributed by atoms with E-state index in [0.29, 0.717) is 11.8 Å². The van der Waals surface area contributed by atoms with E-state index in [0.717, 1.165) is 27.1 Å². The van der Waals surface area contributed by atoms with Crippen LogP contribution in [0.25, 0.3) is 16.3 Å². The molecule has 23 heavy (non-hydrogen) atoms. The van der Waals surface area contributed by atoms with Gasteiger partial charge < -0.3 is 0 Å². The molecule has 2 aromatic rings. The zero-order valence-electron chi connectivity index (χ0n) is 14.4. The van der Waals surface area contributed by atoms with Gasteiger partial charge in [-0.15, -0.1) is 12.6 Å². The van der Waals surface area contributed by atoms with Crippen LogP contribution in [0.4, 0.5) is 0 Å². The smallest absolute Gasteiger partial charge is 0.0774 e. The van der Waals surface area contributed by atoms with Crippen molar-refractivity contribution in [3.8, 4) is 0 Å². The van der Waals surface area contributed by atoms with E-state index in [1.165, 1.54) is 10.9 Å². The number of allylic oxidation sites excluding steroid dienone is 3. The van der Waals surface area contributed by atoms with Crippen molar-refractivity contribution in [3.05, 3.63) is 71.4 Å². The standard InChI is InChI=1S/C21H25NS/c1-13(2)17-7-8-19-18(12-17)9-10-22-21(19)15(5)11-20(14(3)4)16(6)23/h7-14,23H,5-6H2,1-4H3/b20-11-. The molecule has 0 unspecified atom stereocenters. The molecule has 0 spiro atoms. The van der Waals surface area contributed by atoms with Crippen molar-refractivity contribution >= 4 is 29.0 Å². The Kier molecular flexibility index (Phi) is 5.48. The first kappa shape index (κ1) is 17.6. The minimum absolute atomic E-state index is 0.347. The Labute approximate surface area is 145 Å². The largest absolute Gasteiger partial charge is 0.256 e. The summed E-state index contributed by atoms with van der Waals surface area (Å²) in [6.45, 7) is 16.8. The average molecular weight is 324 g/mol. The fraction of sp³-hybridized carbons (Fsp3) is 0.286. The Morgan fingerprint density at radius 2 is 1.83 bits per heavy atom. The van der Waals surface area contributed by atoms with Crippen LogP contribution in [-0.4, -0.2) is 4.98 Å². The van der Waals surface area contributed by atoms with Gasteiger partial charge in [-0.2, -0.15) is 0 Å². The lowest BCUT2D eigenvalue weighted by atomic mass is 9.95. The van der Waals surface area contributed by atoms with Crippen molar-refractivity contribution in [2.24, 2.45) is 5.92 Å². The average Bonchev–Trinajstić information content (AvgIpc) is 2.50. The van der Waals surface area contributed by atoms with Crippen molar-refractivity contribution in [3.63, 3.8) is 0 Å². The summed E-state index contributed by atoms with van der Waals surface area (Å²) in [5.41, 5.74) is 4.25. The van der Waals surface area contributed by atoms with E-state index in [-0.39, 0.29) is 0 Å². The number of thiol groups is 1. The number of benzene rings is 1. The van der Waals surface area contributed by atoms with Crippen LogP contribution in [0.3, 0.4) is 0 Å². The molecule has 0 bridgehead atoms. The van der Waals surface area contributed by atoms with Gasteiger partial charge in [0.15, 0.2) is 0 Å². The number of pyridine rings is 1. The molecule has 0 N–H and O–H groups in total. The van der Waals surface area contributed by atoms with Gasteiger partial charge in [0, 0.05) is 16.5 Å². The van der Waals surface area contributed by atoms with E-state index in [1.807, 2.05) is 6.20 Å². The maximum atomic E-state index is 4.55. The van der Waals surface area contributed by atoms with Crippen LogP contribution in [0.1, 0.15) is 44.9 Å².